The molecule has 5 heteroatoms. The molecule has 1 aliphatic rings. The number of para-hydroxylation sites is 1. The molecule has 2 aromatic carbocycles. The summed E-state index contributed by atoms with van der Waals surface area (Å²) in [6.07, 6.45) is 2.69. The number of aromatic nitrogens is 2. The number of benzene rings is 2. The Kier molecular flexibility index (Phi) is 6.33. The average Bonchev–Trinajstić information content (AvgIpc) is 2.78. The minimum Gasteiger partial charge on any atom is -0.309 e. The molecule has 0 amide bonds. The molecule has 0 saturated carbocycles. The summed E-state index contributed by atoms with van der Waals surface area (Å²) < 4.78 is 0. The van der Waals surface area contributed by atoms with E-state index in [0.717, 1.165) is 43.4 Å². The highest BCUT2D eigenvalue weighted by Crippen LogP contribution is 2.27. The third-order valence-corrected chi connectivity index (χ3v) is 6.36. The minimum absolute atomic E-state index is 0.00340. The van der Waals surface area contributed by atoms with E-state index in [1.807, 2.05) is 30.3 Å². The molecule has 0 bridgehead atoms. The van der Waals surface area contributed by atoms with Gasteiger partial charge in [0, 0.05) is 11.5 Å². The first-order valence-electron chi connectivity index (χ1n) is 11.3. The summed E-state index contributed by atoms with van der Waals surface area (Å²) in [5.41, 5.74) is 2.73. The maximum absolute atomic E-state index is 13.0. The van der Waals surface area contributed by atoms with E-state index >= 15 is 0 Å². The number of carbonyl (C=O) groups excluding carboxylic acids is 1. The zero-order chi connectivity index (χ0) is 22.0. The van der Waals surface area contributed by atoms with Gasteiger partial charge in [-0.05, 0) is 62.9 Å². The fourth-order valence-corrected chi connectivity index (χ4v) is 4.54. The van der Waals surface area contributed by atoms with Crippen molar-refractivity contribution in [1.29, 1.82) is 0 Å². The molecule has 162 valence electrons. The second-order valence-corrected chi connectivity index (χ2v) is 9.11. The molecular weight excluding hydrogens is 386 g/mol. The molecule has 0 aliphatic carbocycles. The van der Waals surface area contributed by atoms with Gasteiger partial charge in [-0.3, -0.25) is 14.5 Å². The van der Waals surface area contributed by atoms with Crippen molar-refractivity contribution in [3.8, 4) is 0 Å². The number of likely N-dealkylation sites (tertiary alicyclic amines) is 1. The van der Waals surface area contributed by atoms with Crippen LogP contribution >= 0.6 is 0 Å². The lowest BCUT2D eigenvalue weighted by Crippen LogP contribution is -2.39. The van der Waals surface area contributed by atoms with Gasteiger partial charge in [-0.25, -0.2) is 4.98 Å². The van der Waals surface area contributed by atoms with Crippen LogP contribution in [-0.4, -0.2) is 33.7 Å². The van der Waals surface area contributed by atoms with Gasteiger partial charge in [-0.1, -0.05) is 50.2 Å². The molecule has 1 fully saturated rings. The molecule has 1 aliphatic heterocycles. The Balaban J connectivity index is 1.40. The summed E-state index contributed by atoms with van der Waals surface area (Å²) in [4.78, 5) is 35.3. The van der Waals surface area contributed by atoms with Gasteiger partial charge >= 0.3 is 0 Å². The van der Waals surface area contributed by atoms with Crippen molar-refractivity contribution in [2.45, 2.75) is 46.1 Å². The molecule has 4 rings (SSSR count). The van der Waals surface area contributed by atoms with Crippen LogP contribution in [0.25, 0.3) is 10.9 Å². The average molecular weight is 418 g/mol. The molecule has 1 N–H and O–H groups in total. The van der Waals surface area contributed by atoms with Crippen molar-refractivity contribution >= 4 is 16.7 Å². The maximum Gasteiger partial charge on any atom is 0.258 e. The van der Waals surface area contributed by atoms with E-state index in [2.05, 4.69) is 47.8 Å². The lowest BCUT2D eigenvalue weighted by molar-refractivity contribution is 0.0796. The first-order chi connectivity index (χ1) is 14.9. The number of hydrogen-bond donors (Lipinski definition) is 1. The molecule has 1 unspecified atom stereocenters. The Bertz CT molecular complexity index is 1110. The second-order valence-electron chi connectivity index (χ2n) is 9.11. The van der Waals surface area contributed by atoms with E-state index in [0.29, 0.717) is 17.1 Å². The van der Waals surface area contributed by atoms with Gasteiger partial charge in [-0.15, -0.1) is 0 Å². The van der Waals surface area contributed by atoms with E-state index < -0.39 is 0 Å². The minimum atomic E-state index is -0.0987. The largest absolute Gasteiger partial charge is 0.309 e. The Labute approximate surface area is 183 Å². The van der Waals surface area contributed by atoms with E-state index in [4.69, 9.17) is 0 Å². The summed E-state index contributed by atoms with van der Waals surface area (Å²) in [7, 11) is 0. The monoisotopic (exact) mass is 417 g/mol. The predicted octanol–water partition coefficient (Wildman–Crippen LogP) is 4.78. The van der Waals surface area contributed by atoms with Gasteiger partial charge in [0.2, 0.25) is 0 Å². The first kappa shape index (κ1) is 21.4. The van der Waals surface area contributed by atoms with Gasteiger partial charge in [-0.2, -0.15) is 0 Å². The van der Waals surface area contributed by atoms with Gasteiger partial charge in [0.15, 0.2) is 5.78 Å². The molecule has 0 radical (unpaired) electrons. The van der Waals surface area contributed by atoms with Crippen molar-refractivity contribution in [1.82, 2.24) is 14.9 Å². The molecule has 0 spiro atoms. The number of hydrogen-bond acceptors (Lipinski definition) is 4. The summed E-state index contributed by atoms with van der Waals surface area (Å²) >= 11 is 0. The van der Waals surface area contributed by atoms with Crippen LogP contribution in [0.15, 0.2) is 53.3 Å². The Hall–Kier alpha value is -2.79. The lowest BCUT2D eigenvalue weighted by atomic mass is 9.88. The summed E-state index contributed by atoms with van der Waals surface area (Å²) in [5, 5.41) is 0.613. The number of Topliss-reactive ketones (excluding diaryl/α,β-unsaturated/α-hetero) is 1. The smallest absolute Gasteiger partial charge is 0.258 e. The molecule has 1 saturated heterocycles. The highest BCUT2D eigenvalue weighted by Gasteiger charge is 2.29. The van der Waals surface area contributed by atoms with Gasteiger partial charge in [0.25, 0.3) is 5.56 Å². The lowest BCUT2D eigenvalue weighted by Gasteiger charge is -2.35. The number of ketones is 1. The van der Waals surface area contributed by atoms with Crippen LogP contribution in [0, 0.1) is 11.8 Å². The summed E-state index contributed by atoms with van der Waals surface area (Å²) in [6, 6.07) is 15.6. The number of H-pyrrole nitrogens is 1. The first-order valence-corrected chi connectivity index (χ1v) is 11.3. The van der Waals surface area contributed by atoms with Crippen LogP contribution in [0.1, 0.15) is 61.4 Å². The number of rotatable bonds is 6. The maximum atomic E-state index is 13.0. The van der Waals surface area contributed by atoms with Crippen LogP contribution in [0.5, 0.6) is 0 Å². The van der Waals surface area contributed by atoms with Crippen molar-refractivity contribution in [3.05, 3.63) is 75.8 Å². The fraction of sp³-hybridized carbons (Fsp3) is 0.423. The normalized spacial score (nSPS) is 16.6. The Morgan fingerprint density at radius 1 is 1.06 bits per heavy atom. The number of piperidine rings is 1. The van der Waals surface area contributed by atoms with Crippen LogP contribution in [0.4, 0.5) is 0 Å². The number of aromatic amines is 1. The number of fused-ring (bicyclic) bond motifs is 1. The van der Waals surface area contributed by atoms with E-state index in [1.54, 1.807) is 6.07 Å². The van der Waals surface area contributed by atoms with Crippen LogP contribution in [-0.2, 0) is 6.42 Å². The standard InChI is InChI=1S/C26H31N3O2/c1-17(2)16-19-8-10-20(11-9-19)24(30)21-12-14-29(15-13-21)18(3)25-27-23-7-5-4-6-22(23)26(31)28-25/h4-11,17-18,21H,12-16H2,1-3H3,(H,27,28,31). The predicted molar refractivity (Wildman–Crippen MR) is 124 cm³/mol. The second kappa shape index (κ2) is 9.15. The van der Waals surface area contributed by atoms with Crippen molar-refractivity contribution in [2.24, 2.45) is 11.8 Å². The molecule has 3 aromatic rings. The van der Waals surface area contributed by atoms with Gasteiger partial charge in [0.05, 0.1) is 16.9 Å². The SMILES string of the molecule is CC(C)Cc1ccc(C(=O)C2CCN(C(C)c3nc4ccccc4c(=O)[nH]3)CC2)cc1. The highest BCUT2D eigenvalue weighted by atomic mass is 16.1. The van der Waals surface area contributed by atoms with Gasteiger partial charge in [0.1, 0.15) is 5.82 Å². The number of nitrogens with one attached hydrogen (secondary N) is 1. The fourth-order valence-electron chi connectivity index (χ4n) is 4.54. The van der Waals surface area contributed by atoms with E-state index in [9.17, 15) is 9.59 Å². The number of carbonyl (C=O) groups is 1. The molecule has 31 heavy (non-hydrogen) atoms. The van der Waals surface area contributed by atoms with Crippen LogP contribution < -0.4 is 5.56 Å². The topological polar surface area (TPSA) is 66.1 Å². The van der Waals surface area contributed by atoms with Gasteiger partial charge < -0.3 is 4.98 Å². The zero-order valence-corrected chi connectivity index (χ0v) is 18.6. The zero-order valence-electron chi connectivity index (χ0n) is 18.6. The molecule has 2 heterocycles. The highest BCUT2D eigenvalue weighted by molar-refractivity contribution is 5.97. The molecule has 1 aromatic heterocycles. The van der Waals surface area contributed by atoms with Crippen molar-refractivity contribution < 1.29 is 4.79 Å². The molecule has 1 atom stereocenters. The Morgan fingerprint density at radius 2 is 1.74 bits per heavy atom. The number of nitrogens with zero attached hydrogens (tertiary/aromatic N) is 2. The quantitative estimate of drug-likeness (QED) is 0.586. The van der Waals surface area contributed by atoms with Crippen molar-refractivity contribution in [2.75, 3.05) is 13.1 Å². The van der Waals surface area contributed by atoms with Crippen LogP contribution in [0.3, 0.4) is 0 Å². The summed E-state index contributed by atoms with van der Waals surface area (Å²) in [6.45, 7) is 8.12. The third-order valence-electron chi connectivity index (χ3n) is 6.36. The van der Waals surface area contributed by atoms with Crippen molar-refractivity contribution in [3.63, 3.8) is 0 Å². The summed E-state index contributed by atoms with van der Waals surface area (Å²) in [5.74, 6) is 1.61. The molecule has 5 nitrogen and oxygen atoms in total. The third kappa shape index (κ3) is 4.77. The molecular formula is C26H31N3O2. The Morgan fingerprint density at radius 3 is 2.42 bits per heavy atom. The van der Waals surface area contributed by atoms with E-state index in [1.165, 1.54) is 5.56 Å². The van der Waals surface area contributed by atoms with E-state index in [-0.39, 0.29) is 23.3 Å². The van der Waals surface area contributed by atoms with Crippen LogP contribution in [0.2, 0.25) is 0 Å².